The maximum absolute atomic E-state index is 2.50. The summed E-state index contributed by atoms with van der Waals surface area (Å²) in [4.78, 5) is 4.81. The molecule has 0 saturated heterocycles. The fourth-order valence-corrected chi connectivity index (χ4v) is 8.84. The Morgan fingerprint density at radius 2 is 0.843 bits per heavy atom. The first kappa shape index (κ1) is 31.1. The third-order valence-electron chi connectivity index (χ3n) is 11.3. The van der Waals surface area contributed by atoms with Crippen LogP contribution in [-0.4, -0.2) is 0 Å². The molecule has 1 unspecified atom stereocenters. The summed E-state index contributed by atoms with van der Waals surface area (Å²) in [6.07, 6.45) is 4.97. The molecule has 7 aromatic carbocycles. The first-order valence-corrected chi connectivity index (χ1v) is 18.4. The van der Waals surface area contributed by atoms with Gasteiger partial charge in [-0.05, 0) is 113 Å². The molecular weight excluding hydrogens is 617 g/mol. The topological polar surface area (TPSA) is 6.48 Å². The van der Waals surface area contributed by atoms with Crippen LogP contribution in [-0.2, 0) is 5.41 Å². The molecule has 7 aromatic rings. The Kier molecular flexibility index (Phi) is 8.01. The molecule has 9 rings (SSSR count). The first-order valence-electron chi connectivity index (χ1n) is 18.4. The van der Waals surface area contributed by atoms with Crippen LogP contribution in [0.25, 0.3) is 11.1 Å². The van der Waals surface area contributed by atoms with Gasteiger partial charge in [0.15, 0.2) is 0 Å². The Morgan fingerprint density at radius 3 is 1.39 bits per heavy atom. The first-order chi connectivity index (χ1) is 25.2. The third-order valence-corrected chi connectivity index (χ3v) is 11.3. The number of anilines is 6. The summed E-state index contributed by atoms with van der Waals surface area (Å²) < 4.78 is 0. The average molecular weight is 659 g/mol. The molecule has 1 fully saturated rings. The van der Waals surface area contributed by atoms with Crippen LogP contribution in [0.2, 0.25) is 0 Å². The van der Waals surface area contributed by atoms with Crippen LogP contribution in [0.1, 0.15) is 60.8 Å². The fraction of sp³-hybridized carbons (Fsp3) is 0.143. The van der Waals surface area contributed by atoms with Gasteiger partial charge in [-0.3, -0.25) is 0 Å². The zero-order valence-corrected chi connectivity index (χ0v) is 29.1. The number of para-hydroxylation sites is 3. The molecular formula is C49H42N2. The largest absolute Gasteiger partial charge is 0.311 e. The summed E-state index contributed by atoms with van der Waals surface area (Å²) in [6.45, 7) is 2.32. The van der Waals surface area contributed by atoms with Crippen molar-refractivity contribution in [3.63, 3.8) is 0 Å². The molecule has 1 atom stereocenters. The predicted octanol–water partition coefficient (Wildman–Crippen LogP) is 13.6. The average Bonchev–Trinajstić information content (AvgIpc) is 3.81. The molecule has 1 saturated carbocycles. The Bertz CT molecular complexity index is 2210. The van der Waals surface area contributed by atoms with E-state index in [0.29, 0.717) is 0 Å². The van der Waals surface area contributed by atoms with Gasteiger partial charge in [0.05, 0.1) is 5.69 Å². The highest BCUT2D eigenvalue weighted by atomic mass is 15.1. The number of nitrogens with zero attached hydrogens (tertiary/aromatic N) is 2. The van der Waals surface area contributed by atoms with Crippen LogP contribution >= 0.6 is 0 Å². The van der Waals surface area contributed by atoms with Crippen LogP contribution in [0, 0.1) is 0 Å². The Morgan fingerprint density at radius 1 is 0.412 bits per heavy atom. The smallest absolute Gasteiger partial charge is 0.0508 e. The van der Waals surface area contributed by atoms with Gasteiger partial charge in [0.25, 0.3) is 0 Å². The lowest BCUT2D eigenvalue weighted by Crippen LogP contribution is -2.24. The quantitative estimate of drug-likeness (QED) is 0.160. The number of benzene rings is 7. The van der Waals surface area contributed by atoms with Crippen molar-refractivity contribution in [2.75, 3.05) is 9.80 Å². The van der Waals surface area contributed by atoms with E-state index in [9.17, 15) is 0 Å². The SMILES string of the molecule is CC(c1ccc(N(c2ccccc2)c2ccccc2)cc1)c1ccc(N(c2ccccc2)c2cccc3c2C2(CCCC2)c2ccccc2-3)cc1. The summed E-state index contributed by atoms with van der Waals surface area (Å²) in [5, 5.41) is 0. The molecule has 2 heteroatoms. The molecule has 248 valence electrons. The molecule has 2 nitrogen and oxygen atoms in total. The second kappa shape index (κ2) is 13.1. The number of hydrogen-bond donors (Lipinski definition) is 0. The highest BCUT2D eigenvalue weighted by Crippen LogP contribution is 2.60. The Balaban J connectivity index is 1.06. The van der Waals surface area contributed by atoms with Gasteiger partial charge >= 0.3 is 0 Å². The molecule has 0 amide bonds. The lowest BCUT2D eigenvalue weighted by atomic mass is 9.76. The van der Waals surface area contributed by atoms with Crippen molar-refractivity contribution >= 4 is 34.1 Å². The highest BCUT2D eigenvalue weighted by Gasteiger charge is 2.47. The van der Waals surface area contributed by atoms with E-state index in [-0.39, 0.29) is 11.3 Å². The number of rotatable bonds is 8. The Labute approximate surface area is 302 Å². The molecule has 0 N–H and O–H groups in total. The second-order valence-electron chi connectivity index (χ2n) is 14.1. The lowest BCUT2D eigenvalue weighted by Gasteiger charge is -2.34. The fourth-order valence-electron chi connectivity index (χ4n) is 8.84. The summed E-state index contributed by atoms with van der Waals surface area (Å²) in [5.74, 6) is 0.248. The molecule has 51 heavy (non-hydrogen) atoms. The van der Waals surface area contributed by atoms with Gasteiger partial charge in [-0.1, -0.05) is 135 Å². The molecule has 1 spiro atoms. The summed E-state index contributed by atoms with van der Waals surface area (Å²) in [5.41, 5.74) is 15.6. The van der Waals surface area contributed by atoms with Crippen molar-refractivity contribution in [2.45, 2.75) is 43.9 Å². The zero-order valence-electron chi connectivity index (χ0n) is 29.1. The van der Waals surface area contributed by atoms with Crippen molar-refractivity contribution in [3.05, 3.63) is 204 Å². The van der Waals surface area contributed by atoms with Crippen LogP contribution in [0.5, 0.6) is 0 Å². The van der Waals surface area contributed by atoms with E-state index >= 15 is 0 Å². The molecule has 0 aromatic heterocycles. The maximum atomic E-state index is 2.50. The highest BCUT2D eigenvalue weighted by molar-refractivity contribution is 5.91. The third kappa shape index (κ3) is 5.43. The van der Waals surface area contributed by atoms with Crippen molar-refractivity contribution in [1.82, 2.24) is 0 Å². The minimum Gasteiger partial charge on any atom is -0.311 e. The summed E-state index contributed by atoms with van der Waals surface area (Å²) >= 11 is 0. The molecule has 0 radical (unpaired) electrons. The number of fused-ring (bicyclic) bond motifs is 5. The number of hydrogen-bond acceptors (Lipinski definition) is 2. The molecule has 0 bridgehead atoms. The van der Waals surface area contributed by atoms with E-state index in [1.165, 1.54) is 76.1 Å². The van der Waals surface area contributed by atoms with Gasteiger partial charge in [0.2, 0.25) is 0 Å². The van der Waals surface area contributed by atoms with Crippen LogP contribution < -0.4 is 9.80 Å². The van der Waals surface area contributed by atoms with E-state index in [2.05, 4.69) is 199 Å². The summed E-state index contributed by atoms with van der Waals surface area (Å²) in [7, 11) is 0. The van der Waals surface area contributed by atoms with Gasteiger partial charge in [0.1, 0.15) is 0 Å². The van der Waals surface area contributed by atoms with Gasteiger partial charge < -0.3 is 9.80 Å². The van der Waals surface area contributed by atoms with Gasteiger partial charge in [0, 0.05) is 39.8 Å². The van der Waals surface area contributed by atoms with Crippen LogP contribution in [0.15, 0.2) is 182 Å². The standard InChI is InChI=1S/C49H42N2/c1-36(37-26-30-42(31-27-37)50(39-16-5-2-6-17-39)40-18-7-3-8-19-40)38-28-32-43(33-29-38)51(41-20-9-4-10-21-41)47-25-15-23-45-44-22-11-12-24-46(44)49(48(45)47)34-13-14-35-49/h2-12,15-33,36H,13-14,34-35H2,1H3. The van der Waals surface area contributed by atoms with Crippen LogP contribution in [0.3, 0.4) is 0 Å². The van der Waals surface area contributed by atoms with Crippen molar-refractivity contribution in [1.29, 1.82) is 0 Å². The van der Waals surface area contributed by atoms with E-state index in [1.807, 2.05) is 0 Å². The minimum atomic E-state index is 0.0762. The van der Waals surface area contributed by atoms with Crippen molar-refractivity contribution in [3.8, 4) is 11.1 Å². The van der Waals surface area contributed by atoms with E-state index < -0.39 is 0 Å². The molecule has 0 heterocycles. The van der Waals surface area contributed by atoms with Gasteiger partial charge in [-0.15, -0.1) is 0 Å². The van der Waals surface area contributed by atoms with Crippen molar-refractivity contribution in [2.24, 2.45) is 0 Å². The Hall–Kier alpha value is -5.86. The van der Waals surface area contributed by atoms with Gasteiger partial charge in [-0.25, -0.2) is 0 Å². The molecule has 2 aliphatic rings. The molecule has 0 aliphatic heterocycles. The summed E-state index contributed by atoms with van der Waals surface area (Å²) in [6, 6.07) is 66.6. The van der Waals surface area contributed by atoms with E-state index in [0.717, 1.165) is 17.1 Å². The monoisotopic (exact) mass is 658 g/mol. The predicted molar refractivity (Wildman–Crippen MR) is 214 cm³/mol. The second-order valence-corrected chi connectivity index (χ2v) is 14.1. The maximum Gasteiger partial charge on any atom is 0.0508 e. The van der Waals surface area contributed by atoms with Crippen molar-refractivity contribution < 1.29 is 0 Å². The molecule has 2 aliphatic carbocycles. The van der Waals surface area contributed by atoms with Gasteiger partial charge in [-0.2, -0.15) is 0 Å². The minimum absolute atomic E-state index is 0.0762. The lowest BCUT2D eigenvalue weighted by molar-refractivity contribution is 0.550. The normalized spacial score (nSPS) is 14.5. The van der Waals surface area contributed by atoms with E-state index in [4.69, 9.17) is 0 Å². The van der Waals surface area contributed by atoms with Crippen LogP contribution in [0.4, 0.5) is 34.1 Å². The zero-order chi connectivity index (χ0) is 34.2. The van der Waals surface area contributed by atoms with E-state index in [1.54, 1.807) is 0 Å².